The maximum atomic E-state index is 5.82. The maximum Gasteiger partial charge on any atom is 0.180 e. The van der Waals surface area contributed by atoms with Crippen molar-refractivity contribution in [3.05, 3.63) is 23.1 Å². The molecule has 84 valence electrons. The molecule has 0 unspecified atom stereocenters. The Bertz CT molecular complexity index is 508. The summed E-state index contributed by atoms with van der Waals surface area (Å²) in [5.41, 5.74) is 0.691. The zero-order valence-electron chi connectivity index (χ0n) is 8.64. The fourth-order valence-corrected chi connectivity index (χ4v) is 1.77. The van der Waals surface area contributed by atoms with Crippen molar-refractivity contribution in [2.75, 3.05) is 0 Å². The second-order valence-corrected chi connectivity index (χ2v) is 4.29. The summed E-state index contributed by atoms with van der Waals surface area (Å²) in [5, 5.41) is 12.6. The SMILES string of the molecule is Clc1ccc2nnc(COC3CCC3)n2n1. The van der Waals surface area contributed by atoms with Crippen LogP contribution in [0, 0.1) is 0 Å². The van der Waals surface area contributed by atoms with Crippen molar-refractivity contribution in [2.45, 2.75) is 32.0 Å². The first-order chi connectivity index (χ1) is 7.83. The molecule has 6 heteroatoms. The average molecular weight is 239 g/mol. The molecule has 0 radical (unpaired) electrons. The highest BCUT2D eigenvalue weighted by molar-refractivity contribution is 6.29. The van der Waals surface area contributed by atoms with Crippen LogP contribution in [0.5, 0.6) is 0 Å². The summed E-state index contributed by atoms with van der Waals surface area (Å²) in [7, 11) is 0. The Kier molecular flexibility index (Phi) is 2.49. The van der Waals surface area contributed by atoms with Gasteiger partial charge in [-0.05, 0) is 31.4 Å². The minimum Gasteiger partial charge on any atom is -0.370 e. The molecule has 0 amide bonds. The molecule has 0 N–H and O–H groups in total. The summed E-state index contributed by atoms with van der Waals surface area (Å²) < 4.78 is 7.29. The lowest BCUT2D eigenvalue weighted by Gasteiger charge is -2.24. The quantitative estimate of drug-likeness (QED) is 0.819. The van der Waals surface area contributed by atoms with E-state index in [0.29, 0.717) is 29.3 Å². The fourth-order valence-electron chi connectivity index (χ4n) is 1.63. The smallest absolute Gasteiger partial charge is 0.180 e. The van der Waals surface area contributed by atoms with E-state index in [1.54, 1.807) is 16.6 Å². The lowest BCUT2D eigenvalue weighted by molar-refractivity contribution is -0.0123. The van der Waals surface area contributed by atoms with Crippen LogP contribution in [0.3, 0.4) is 0 Å². The highest BCUT2D eigenvalue weighted by Gasteiger charge is 2.19. The van der Waals surface area contributed by atoms with Gasteiger partial charge < -0.3 is 4.74 Å². The molecule has 0 atom stereocenters. The summed E-state index contributed by atoms with van der Waals surface area (Å²) in [6.45, 7) is 0.444. The maximum absolute atomic E-state index is 5.82. The third-order valence-corrected chi connectivity index (χ3v) is 3.00. The first-order valence-electron chi connectivity index (χ1n) is 5.31. The van der Waals surface area contributed by atoms with Gasteiger partial charge in [-0.25, -0.2) is 0 Å². The van der Waals surface area contributed by atoms with Crippen LogP contribution in [0.2, 0.25) is 5.15 Å². The zero-order valence-corrected chi connectivity index (χ0v) is 9.39. The van der Waals surface area contributed by atoms with Crippen molar-refractivity contribution in [3.63, 3.8) is 0 Å². The Labute approximate surface area is 97.4 Å². The number of hydrogen-bond acceptors (Lipinski definition) is 4. The number of ether oxygens (including phenoxy) is 1. The second-order valence-electron chi connectivity index (χ2n) is 3.91. The highest BCUT2D eigenvalue weighted by Crippen LogP contribution is 2.22. The fraction of sp³-hybridized carbons (Fsp3) is 0.500. The second kappa shape index (κ2) is 3.99. The van der Waals surface area contributed by atoms with Crippen molar-refractivity contribution in [1.29, 1.82) is 0 Å². The lowest BCUT2D eigenvalue weighted by atomic mass is 9.96. The summed E-state index contributed by atoms with van der Waals surface area (Å²) in [6.07, 6.45) is 3.93. The summed E-state index contributed by atoms with van der Waals surface area (Å²) in [6, 6.07) is 3.48. The summed E-state index contributed by atoms with van der Waals surface area (Å²) in [4.78, 5) is 0. The number of fused-ring (bicyclic) bond motifs is 1. The van der Waals surface area contributed by atoms with Crippen LogP contribution >= 0.6 is 11.6 Å². The minimum absolute atomic E-state index is 0.381. The first kappa shape index (κ1) is 9.99. The van der Waals surface area contributed by atoms with Gasteiger partial charge in [-0.1, -0.05) is 11.6 Å². The van der Waals surface area contributed by atoms with Crippen molar-refractivity contribution < 1.29 is 4.74 Å². The van der Waals surface area contributed by atoms with Crippen LogP contribution < -0.4 is 0 Å². The van der Waals surface area contributed by atoms with Gasteiger partial charge in [0.2, 0.25) is 0 Å². The van der Waals surface area contributed by atoms with Crippen LogP contribution in [0.4, 0.5) is 0 Å². The van der Waals surface area contributed by atoms with Gasteiger partial charge in [0.1, 0.15) is 11.8 Å². The number of aromatic nitrogens is 4. The van der Waals surface area contributed by atoms with Crippen LogP contribution in [0.15, 0.2) is 12.1 Å². The van der Waals surface area contributed by atoms with E-state index in [1.165, 1.54) is 6.42 Å². The zero-order chi connectivity index (χ0) is 11.0. The molecule has 16 heavy (non-hydrogen) atoms. The molecule has 0 aliphatic heterocycles. The number of hydrogen-bond donors (Lipinski definition) is 0. The number of halogens is 1. The molecule has 3 rings (SSSR count). The Hall–Kier alpha value is -1.20. The van der Waals surface area contributed by atoms with Gasteiger partial charge in [-0.15, -0.1) is 10.2 Å². The Morgan fingerprint density at radius 3 is 3.00 bits per heavy atom. The molecule has 1 fully saturated rings. The van der Waals surface area contributed by atoms with E-state index in [-0.39, 0.29) is 0 Å². The van der Waals surface area contributed by atoms with Crippen LogP contribution in [0.25, 0.3) is 5.65 Å². The predicted octanol–water partition coefficient (Wildman–Crippen LogP) is 1.85. The minimum atomic E-state index is 0.381. The molecule has 1 aliphatic carbocycles. The Morgan fingerprint density at radius 1 is 1.38 bits per heavy atom. The Morgan fingerprint density at radius 2 is 2.25 bits per heavy atom. The van der Waals surface area contributed by atoms with Crippen molar-refractivity contribution in [1.82, 2.24) is 19.8 Å². The summed E-state index contributed by atoms with van der Waals surface area (Å²) >= 11 is 5.82. The molecule has 0 bridgehead atoms. The van der Waals surface area contributed by atoms with Crippen molar-refractivity contribution >= 4 is 17.2 Å². The summed E-state index contributed by atoms with van der Waals surface area (Å²) in [5.74, 6) is 0.699. The van der Waals surface area contributed by atoms with E-state index in [4.69, 9.17) is 16.3 Å². The van der Waals surface area contributed by atoms with Gasteiger partial charge in [0.15, 0.2) is 11.5 Å². The molecule has 2 heterocycles. The number of nitrogens with zero attached hydrogens (tertiary/aromatic N) is 4. The van der Waals surface area contributed by atoms with Crippen LogP contribution in [-0.2, 0) is 11.3 Å². The van der Waals surface area contributed by atoms with Gasteiger partial charge in [0.25, 0.3) is 0 Å². The van der Waals surface area contributed by atoms with Crippen LogP contribution in [-0.4, -0.2) is 25.9 Å². The van der Waals surface area contributed by atoms with Crippen molar-refractivity contribution in [2.24, 2.45) is 0 Å². The predicted molar refractivity (Wildman–Crippen MR) is 58.2 cm³/mol. The third-order valence-electron chi connectivity index (χ3n) is 2.80. The van der Waals surface area contributed by atoms with E-state index < -0.39 is 0 Å². The lowest BCUT2D eigenvalue weighted by Crippen LogP contribution is -2.21. The molecule has 5 nitrogen and oxygen atoms in total. The van der Waals surface area contributed by atoms with E-state index in [9.17, 15) is 0 Å². The molecular weight excluding hydrogens is 228 g/mol. The largest absolute Gasteiger partial charge is 0.370 e. The Balaban J connectivity index is 1.82. The average Bonchev–Trinajstić information content (AvgIpc) is 2.59. The van der Waals surface area contributed by atoms with Gasteiger partial charge in [-0.3, -0.25) is 0 Å². The number of rotatable bonds is 3. The first-order valence-corrected chi connectivity index (χ1v) is 5.69. The van der Waals surface area contributed by atoms with Gasteiger partial charge >= 0.3 is 0 Å². The molecular formula is C10H11ClN4O. The van der Waals surface area contributed by atoms with E-state index >= 15 is 0 Å². The molecule has 0 saturated heterocycles. The van der Waals surface area contributed by atoms with Gasteiger partial charge in [-0.2, -0.15) is 9.61 Å². The van der Waals surface area contributed by atoms with E-state index in [0.717, 1.165) is 12.8 Å². The third kappa shape index (κ3) is 1.76. The highest BCUT2D eigenvalue weighted by atomic mass is 35.5. The molecule has 2 aromatic heterocycles. The monoisotopic (exact) mass is 238 g/mol. The van der Waals surface area contributed by atoms with Gasteiger partial charge in [0, 0.05) is 0 Å². The molecule has 1 saturated carbocycles. The van der Waals surface area contributed by atoms with Crippen LogP contribution in [0.1, 0.15) is 25.1 Å². The van der Waals surface area contributed by atoms with E-state index in [1.807, 2.05) is 0 Å². The topological polar surface area (TPSA) is 52.3 Å². The molecule has 0 aromatic carbocycles. The van der Waals surface area contributed by atoms with Gasteiger partial charge in [0.05, 0.1) is 6.10 Å². The molecule has 2 aromatic rings. The van der Waals surface area contributed by atoms with E-state index in [2.05, 4.69) is 15.3 Å². The standard InChI is InChI=1S/C10H11ClN4O/c11-8-4-5-9-12-13-10(15(9)14-8)6-16-7-2-1-3-7/h4-5,7H,1-3,6H2. The molecule has 0 spiro atoms. The normalized spacial score (nSPS) is 16.6. The van der Waals surface area contributed by atoms with Crippen molar-refractivity contribution in [3.8, 4) is 0 Å². The molecule has 1 aliphatic rings.